The van der Waals surface area contributed by atoms with Crippen molar-refractivity contribution in [1.29, 1.82) is 0 Å². The minimum absolute atomic E-state index is 0.673. The Hall–Kier alpha value is -1.68. The molecule has 0 saturated carbocycles. The van der Waals surface area contributed by atoms with Gasteiger partial charge in [-0.25, -0.2) is 9.97 Å². The van der Waals surface area contributed by atoms with Crippen LogP contribution in [0.4, 0.5) is 0 Å². The van der Waals surface area contributed by atoms with Crippen LogP contribution in [0.5, 0.6) is 0 Å². The van der Waals surface area contributed by atoms with Crippen molar-refractivity contribution in [2.45, 2.75) is 18.8 Å². The van der Waals surface area contributed by atoms with Crippen molar-refractivity contribution < 1.29 is 0 Å². The van der Waals surface area contributed by atoms with Crippen molar-refractivity contribution in [2.24, 2.45) is 0 Å². The molecule has 0 bridgehead atoms. The lowest BCUT2D eigenvalue weighted by atomic mass is 9.90. The zero-order valence-corrected chi connectivity index (χ0v) is 10.7. The molecular formula is C14H18N4. The Morgan fingerprint density at radius 2 is 2.06 bits per heavy atom. The number of nitrogens with zero attached hydrogens (tertiary/aromatic N) is 4. The molecule has 0 spiro atoms. The summed E-state index contributed by atoms with van der Waals surface area (Å²) in [6, 6.07) is 4.34. The van der Waals surface area contributed by atoms with E-state index in [9.17, 15) is 0 Å². The highest BCUT2D eigenvalue weighted by molar-refractivity contribution is 5.30. The first-order chi connectivity index (χ1) is 8.83. The van der Waals surface area contributed by atoms with Gasteiger partial charge in [-0.05, 0) is 56.6 Å². The van der Waals surface area contributed by atoms with Gasteiger partial charge in [0.15, 0.2) is 0 Å². The third kappa shape index (κ3) is 2.29. The van der Waals surface area contributed by atoms with E-state index in [4.69, 9.17) is 0 Å². The van der Waals surface area contributed by atoms with E-state index in [2.05, 4.69) is 34.0 Å². The third-order valence-corrected chi connectivity index (χ3v) is 3.73. The van der Waals surface area contributed by atoms with E-state index in [-0.39, 0.29) is 0 Å². The van der Waals surface area contributed by atoms with E-state index in [1.807, 2.05) is 17.0 Å². The standard InChI is InChI=1S/C14H18N4/c1-17-7-3-12(4-8-17)13-2-5-16-14(10-13)18-9-6-15-11-18/h2,5-6,9-12H,3-4,7-8H2,1H3. The molecule has 94 valence electrons. The summed E-state index contributed by atoms with van der Waals surface area (Å²) < 4.78 is 1.96. The van der Waals surface area contributed by atoms with Crippen molar-refractivity contribution in [3.63, 3.8) is 0 Å². The van der Waals surface area contributed by atoms with Crippen LogP contribution in [0.25, 0.3) is 5.82 Å². The first-order valence-electron chi connectivity index (χ1n) is 6.46. The van der Waals surface area contributed by atoms with Crippen LogP contribution in [0.1, 0.15) is 24.3 Å². The summed E-state index contributed by atoms with van der Waals surface area (Å²) in [5.74, 6) is 1.63. The molecular weight excluding hydrogens is 224 g/mol. The van der Waals surface area contributed by atoms with Crippen molar-refractivity contribution in [1.82, 2.24) is 19.4 Å². The summed E-state index contributed by atoms with van der Waals surface area (Å²) in [5.41, 5.74) is 1.40. The molecule has 0 aromatic carbocycles. The van der Waals surface area contributed by atoms with Gasteiger partial charge in [0.1, 0.15) is 12.1 Å². The maximum Gasteiger partial charge on any atom is 0.138 e. The van der Waals surface area contributed by atoms with Crippen LogP contribution in [-0.4, -0.2) is 39.6 Å². The molecule has 0 N–H and O–H groups in total. The molecule has 1 aliphatic rings. The largest absolute Gasteiger partial charge is 0.306 e. The molecule has 0 unspecified atom stereocenters. The zero-order valence-electron chi connectivity index (χ0n) is 10.7. The van der Waals surface area contributed by atoms with Gasteiger partial charge in [-0.2, -0.15) is 0 Å². The van der Waals surface area contributed by atoms with E-state index in [0.29, 0.717) is 5.92 Å². The number of pyridine rings is 1. The maximum absolute atomic E-state index is 4.40. The van der Waals surface area contributed by atoms with E-state index in [0.717, 1.165) is 5.82 Å². The summed E-state index contributed by atoms with van der Waals surface area (Å²) in [5, 5.41) is 0. The Labute approximate surface area is 107 Å². The minimum Gasteiger partial charge on any atom is -0.306 e. The number of hydrogen-bond donors (Lipinski definition) is 0. The molecule has 0 atom stereocenters. The maximum atomic E-state index is 4.40. The van der Waals surface area contributed by atoms with Crippen LogP contribution < -0.4 is 0 Å². The summed E-state index contributed by atoms with van der Waals surface area (Å²) in [6.07, 6.45) is 9.89. The highest BCUT2D eigenvalue weighted by atomic mass is 15.1. The lowest BCUT2D eigenvalue weighted by Gasteiger charge is -2.29. The van der Waals surface area contributed by atoms with Gasteiger partial charge in [0.05, 0.1) is 0 Å². The van der Waals surface area contributed by atoms with Crippen molar-refractivity contribution in [3.05, 3.63) is 42.6 Å². The number of aromatic nitrogens is 3. The second kappa shape index (κ2) is 4.90. The smallest absolute Gasteiger partial charge is 0.138 e. The number of piperidine rings is 1. The van der Waals surface area contributed by atoms with Gasteiger partial charge in [0.2, 0.25) is 0 Å². The Balaban J connectivity index is 1.83. The molecule has 4 nitrogen and oxygen atoms in total. The third-order valence-electron chi connectivity index (χ3n) is 3.73. The van der Waals surface area contributed by atoms with Crippen LogP contribution >= 0.6 is 0 Å². The van der Waals surface area contributed by atoms with E-state index >= 15 is 0 Å². The van der Waals surface area contributed by atoms with Gasteiger partial charge in [-0.1, -0.05) is 0 Å². The van der Waals surface area contributed by atoms with Gasteiger partial charge >= 0.3 is 0 Å². The molecule has 3 rings (SSSR count). The second-order valence-corrected chi connectivity index (χ2v) is 4.99. The number of imidazole rings is 1. The van der Waals surface area contributed by atoms with Gasteiger partial charge in [-0.3, -0.25) is 4.57 Å². The van der Waals surface area contributed by atoms with Crippen LogP contribution in [0.15, 0.2) is 37.1 Å². The topological polar surface area (TPSA) is 34.0 Å². The molecule has 0 radical (unpaired) electrons. The Morgan fingerprint density at radius 3 is 2.78 bits per heavy atom. The van der Waals surface area contributed by atoms with Gasteiger partial charge in [-0.15, -0.1) is 0 Å². The van der Waals surface area contributed by atoms with Crippen LogP contribution in [0.2, 0.25) is 0 Å². The van der Waals surface area contributed by atoms with E-state index in [1.54, 1.807) is 12.5 Å². The van der Waals surface area contributed by atoms with Gasteiger partial charge < -0.3 is 4.90 Å². The van der Waals surface area contributed by atoms with Gasteiger partial charge in [0.25, 0.3) is 0 Å². The molecule has 18 heavy (non-hydrogen) atoms. The zero-order chi connectivity index (χ0) is 12.4. The Morgan fingerprint density at radius 1 is 1.22 bits per heavy atom. The van der Waals surface area contributed by atoms with Crippen LogP contribution in [0.3, 0.4) is 0 Å². The molecule has 2 aromatic heterocycles. The predicted molar refractivity (Wildman–Crippen MR) is 70.8 cm³/mol. The second-order valence-electron chi connectivity index (χ2n) is 4.99. The Kier molecular flexibility index (Phi) is 3.11. The first-order valence-corrected chi connectivity index (χ1v) is 6.46. The highest BCUT2D eigenvalue weighted by Gasteiger charge is 2.18. The average Bonchev–Trinajstić information content (AvgIpc) is 2.94. The molecule has 4 heteroatoms. The summed E-state index contributed by atoms with van der Waals surface area (Å²) in [4.78, 5) is 10.9. The van der Waals surface area contributed by atoms with Crippen LogP contribution in [0, 0.1) is 0 Å². The molecule has 3 heterocycles. The van der Waals surface area contributed by atoms with Crippen molar-refractivity contribution in [3.8, 4) is 5.82 Å². The van der Waals surface area contributed by atoms with Crippen LogP contribution in [-0.2, 0) is 0 Å². The molecule has 1 fully saturated rings. The van der Waals surface area contributed by atoms with E-state index in [1.165, 1.54) is 31.5 Å². The monoisotopic (exact) mass is 242 g/mol. The highest BCUT2D eigenvalue weighted by Crippen LogP contribution is 2.27. The lowest BCUT2D eigenvalue weighted by Crippen LogP contribution is -2.29. The summed E-state index contributed by atoms with van der Waals surface area (Å²) in [7, 11) is 2.19. The number of hydrogen-bond acceptors (Lipinski definition) is 3. The normalized spacial score (nSPS) is 18.1. The SMILES string of the molecule is CN1CCC(c2ccnc(-n3ccnc3)c2)CC1. The first kappa shape index (κ1) is 11.4. The quantitative estimate of drug-likeness (QED) is 0.808. The molecule has 0 aliphatic carbocycles. The fourth-order valence-corrected chi connectivity index (χ4v) is 2.57. The summed E-state index contributed by atoms with van der Waals surface area (Å²) in [6.45, 7) is 2.38. The summed E-state index contributed by atoms with van der Waals surface area (Å²) >= 11 is 0. The van der Waals surface area contributed by atoms with Crippen molar-refractivity contribution in [2.75, 3.05) is 20.1 Å². The fraction of sp³-hybridized carbons (Fsp3) is 0.429. The predicted octanol–water partition coefficient (Wildman–Crippen LogP) is 2.08. The van der Waals surface area contributed by atoms with E-state index < -0.39 is 0 Å². The molecule has 0 amide bonds. The molecule has 1 saturated heterocycles. The average molecular weight is 242 g/mol. The Bertz CT molecular complexity index is 498. The molecule has 2 aromatic rings. The minimum atomic E-state index is 0.673. The van der Waals surface area contributed by atoms with Crippen molar-refractivity contribution >= 4 is 0 Å². The fourth-order valence-electron chi connectivity index (χ4n) is 2.57. The number of likely N-dealkylation sites (tertiary alicyclic amines) is 1. The molecule has 1 aliphatic heterocycles. The lowest BCUT2D eigenvalue weighted by molar-refractivity contribution is 0.255. The van der Waals surface area contributed by atoms with Gasteiger partial charge in [0, 0.05) is 18.6 Å². The number of rotatable bonds is 2.